The molecule has 2 amide bonds. The first-order chi connectivity index (χ1) is 16.9. The lowest BCUT2D eigenvalue weighted by Crippen LogP contribution is -2.36. The molecule has 1 heterocycles. The van der Waals surface area contributed by atoms with Gasteiger partial charge in [0.2, 0.25) is 0 Å². The lowest BCUT2D eigenvalue weighted by molar-refractivity contribution is -0.112. The molecule has 0 spiro atoms. The Bertz CT molecular complexity index is 1310. The second-order valence-corrected chi connectivity index (χ2v) is 8.72. The van der Waals surface area contributed by atoms with E-state index in [0.29, 0.717) is 5.56 Å². The van der Waals surface area contributed by atoms with Crippen LogP contribution in [0.4, 0.5) is 10.5 Å². The fourth-order valence-electron chi connectivity index (χ4n) is 4.89. The van der Waals surface area contributed by atoms with Crippen LogP contribution in [0, 0.1) is 6.92 Å². The van der Waals surface area contributed by atoms with Crippen LogP contribution >= 0.6 is 0 Å². The van der Waals surface area contributed by atoms with Crippen molar-refractivity contribution in [2.24, 2.45) is 0 Å². The third-order valence-corrected chi connectivity index (χ3v) is 6.60. The number of Topliss-reactive ketones (excluding diaryl/α,β-unsaturated/α-hetero) is 1. The fraction of sp³-hybridized carbons (Fsp3) is 0.222. The van der Waals surface area contributed by atoms with Gasteiger partial charge in [0.05, 0.1) is 11.3 Å². The maximum absolute atomic E-state index is 12.4. The van der Waals surface area contributed by atoms with Gasteiger partial charge in [-0.05, 0) is 46.4 Å². The molecule has 8 nitrogen and oxygen atoms in total. The van der Waals surface area contributed by atoms with E-state index in [4.69, 9.17) is 4.74 Å². The molecule has 1 aliphatic carbocycles. The molecule has 3 aromatic rings. The minimum atomic E-state index is -1.49. The molecule has 35 heavy (non-hydrogen) atoms. The molecule has 1 aliphatic heterocycles. The van der Waals surface area contributed by atoms with Crippen LogP contribution in [0.15, 0.2) is 60.7 Å². The van der Waals surface area contributed by atoms with E-state index in [1.165, 1.54) is 0 Å². The third-order valence-electron chi connectivity index (χ3n) is 6.60. The summed E-state index contributed by atoms with van der Waals surface area (Å²) in [6, 6.07) is 19.2. The third kappa shape index (κ3) is 3.96. The summed E-state index contributed by atoms with van der Waals surface area (Å²) in [5, 5.41) is 26.2. The number of benzene rings is 3. The molecule has 2 atom stereocenters. The van der Waals surface area contributed by atoms with Crippen molar-refractivity contribution in [3.8, 4) is 11.1 Å². The van der Waals surface area contributed by atoms with Gasteiger partial charge in [-0.3, -0.25) is 9.59 Å². The van der Waals surface area contributed by atoms with Crippen LogP contribution in [0.2, 0.25) is 0 Å². The number of rotatable bonds is 6. The number of amides is 2. The second-order valence-electron chi connectivity index (χ2n) is 8.72. The number of ether oxygens (including phenoxy) is 1. The van der Waals surface area contributed by atoms with Gasteiger partial charge in [0.1, 0.15) is 18.8 Å². The first-order valence-electron chi connectivity index (χ1n) is 11.3. The second kappa shape index (κ2) is 8.98. The van der Waals surface area contributed by atoms with E-state index in [-0.39, 0.29) is 35.9 Å². The van der Waals surface area contributed by atoms with Crippen LogP contribution in [0.5, 0.6) is 0 Å². The van der Waals surface area contributed by atoms with Crippen molar-refractivity contribution in [1.29, 1.82) is 0 Å². The number of hydrogen-bond acceptors (Lipinski definition) is 6. The number of carbonyl (C=O) groups excluding carboxylic acids is 3. The molecule has 3 aromatic carbocycles. The van der Waals surface area contributed by atoms with Gasteiger partial charge in [0, 0.05) is 12.5 Å². The molecule has 178 valence electrons. The summed E-state index contributed by atoms with van der Waals surface area (Å²) in [7, 11) is 0. The molecule has 0 aromatic heterocycles. The van der Waals surface area contributed by atoms with Gasteiger partial charge in [-0.25, -0.2) is 4.79 Å². The smallest absolute Gasteiger partial charge is 0.407 e. The van der Waals surface area contributed by atoms with Gasteiger partial charge in [-0.1, -0.05) is 54.6 Å². The first-order valence-corrected chi connectivity index (χ1v) is 11.3. The number of carbonyl (C=O) groups is 3. The topological polar surface area (TPSA) is 125 Å². The quantitative estimate of drug-likeness (QED) is 0.409. The molecular formula is C27H24N2O6. The van der Waals surface area contributed by atoms with Crippen molar-refractivity contribution < 1.29 is 29.3 Å². The molecule has 0 radical (unpaired) electrons. The Morgan fingerprint density at radius 2 is 1.63 bits per heavy atom. The maximum atomic E-state index is 12.4. The van der Waals surface area contributed by atoms with Crippen LogP contribution in [0.25, 0.3) is 11.1 Å². The molecule has 0 bridgehead atoms. The number of aliphatic hydroxyl groups excluding tert-OH is 2. The average molecular weight is 472 g/mol. The van der Waals surface area contributed by atoms with E-state index in [2.05, 4.69) is 10.6 Å². The van der Waals surface area contributed by atoms with Gasteiger partial charge in [0.25, 0.3) is 11.7 Å². The number of fused-ring (bicyclic) bond motifs is 4. The molecule has 0 fully saturated rings. The van der Waals surface area contributed by atoms with Crippen LogP contribution < -0.4 is 10.6 Å². The lowest BCUT2D eigenvalue weighted by Gasteiger charge is -2.22. The average Bonchev–Trinajstić information content (AvgIpc) is 3.34. The summed E-state index contributed by atoms with van der Waals surface area (Å²) in [6.07, 6.45) is -3.65. The Morgan fingerprint density at radius 3 is 2.29 bits per heavy atom. The van der Waals surface area contributed by atoms with Crippen LogP contribution in [0.3, 0.4) is 0 Å². The van der Waals surface area contributed by atoms with Crippen molar-refractivity contribution in [2.45, 2.75) is 25.0 Å². The Morgan fingerprint density at radius 1 is 1.00 bits per heavy atom. The molecule has 8 heteroatoms. The molecule has 2 aliphatic rings. The zero-order valence-corrected chi connectivity index (χ0v) is 18.9. The lowest BCUT2D eigenvalue weighted by atomic mass is 9.92. The van der Waals surface area contributed by atoms with E-state index in [1.54, 1.807) is 19.1 Å². The number of alkyl carbamates (subject to hydrolysis) is 1. The Labute approximate surface area is 201 Å². The molecule has 0 saturated carbocycles. The monoisotopic (exact) mass is 472 g/mol. The highest BCUT2D eigenvalue weighted by Crippen LogP contribution is 2.44. The standard InChI is InChI=1S/C27H24N2O6/c1-14-10-11-20-23(25(32)26(33)29-20)22(14)24(31)21(30)12-28-27(34)35-13-19-17-8-4-2-6-15(17)16-7-3-5-9-18(16)19/h2-11,19,21,24,30-31H,12-13H2,1H3,(H,28,34)(H,29,32,33). The predicted molar refractivity (Wildman–Crippen MR) is 128 cm³/mol. The van der Waals surface area contributed by atoms with Gasteiger partial charge in [-0.2, -0.15) is 0 Å². The van der Waals surface area contributed by atoms with Crippen LogP contribution in [0.1, 0.15) is 44.6 Å². The van der Waals surface area contributed by atoms with E-state index < -0.39 is 30.0 Å². The molecule has 2 unspecified atom stereocenters. The summed E-state index contributed by atoms with van der Waals surface area (Å²) < 4.78 is 5.45. The first kappa shape index (κ1) is 22.8. The number of aryl methyl sites for hydroxylation is 1. The summed E-state index contributed by atoms with van der Waals surface area (Å²) in [5.74, 6) is -1.66. The number of anilines is 1. The van der Waals surface area contributed by atoms with E-state index >= 15 is 0 Å². The highest BCUT2D eigenvalue weighted by Gasteiger charge is 2.35. The minimum Gasteiger partial charge on any atom is -0.449 e. The molecule has 5 rings (SSSR count). The highest BCUT2D eigenvalue weighted by atomic mass is 16.5. The number of nitrogens with one attached hydrogen (secondary N) is 2. The van der Waals surface area contributed by atoms with Crippen molar-refractivity contribution in [3.63, 3.8) is 0 Å². The van der Waals surface area contributed by atoms with Crippen molar-refractivity contribution in [1.82, 2.24) is 5.32 Å². The number of hydrogen-bond donors (Lipinski definition) is 4. The van der Waals surface area contributed by atoms with Crippen LogP contribution in [-0.4, -0.2) is 47.3 Å². The minimum absolute atomic E-state index is 0.0442. The summed E-state index contributed by atoms with van der Waals surface area (Å²) in [4.78, 5) is 36.4. The van der Waals surface area contributed by atoms with Gasteiger partial charge in [-0.15, -0.1) is 0 Å². The predicted octanol–water partition coefficient (Wildman–Crippen LogP) is 3.06. The van der Waals surface area contributed by atoms with Crippen molar-refractivity contribution >= 4 is 23.5 Å². The summed E-state index contributed by atoms with van der Waals surface area (Å²) >= 11 is 0. The largest absolute Gasteiger partial charge is 0.449 e. The van der Waals surface area contributed by atoms with Crippen molar-refractivity contribution in [3.05, 3.63) is 88.5 Å². The van der Waals surface area contributed by atoms with Gasteiger partial charge in [0.15, 0.2) is 0 Å². The van der Waals surface area contributed by atoms with E-state index in [1.807, 2.05) is 48.5 Å². The SMILES string of the molecule is Cc1ccc2c(c1C(O)C(O)CNC(=O)OCC1c3ccccc3-c3ccccc31)C(=O)C(=O)N2. The Balaban J connectivity index is 1.23. The number of aliphatic hydroxyl groups is 2. The summed E-state index contributed by atoms with van der Waals surface area (Å²) in [6.45, 7) is 1.48. The Hall–Kier alpha value is -4.01. The fourth-order valence-corrected chi connectivity index (χ4v) is 4.89. The summed E-state index contributed by atoms with van der Waals surface area (Å²) in [5.41, 5.74) is 5.43. The number of ketones is 1. The molecular weight excluding hydrogens is 448 g/mol. The zero-order chi connectivity index (χ0) is 24.7. The Kier molecular flexibility index (Phi) is 5.84. The van der Waals surface area contributed by atoms with Crippen molar-refractivity contribution in [2.75, 3.05) is 18.5 Å². The highest BCUT2D eigenvalue weighted by molar-refractivity contribution is 6.52. The van der Waals surface area contributed by atoms with Gasteiger partial charge < -0.3 is 25.6 Å². The molecule has 0 saturated heterocycles. The van der Waals surface area contributed by atoms with E-state index in [9.17, 15) is 24.6 Å². The van der Waals surface area contributed by atoms with E-state index in [0.717, 1.165) is 22.3 Å². The van der Waals surface area contributed by atoms with Crippen LogP contribution in [-0.2, 0) is 9.53 Å². The maximum Gasteiger partial charge on any atom is 0.407 e. The molecule has 4 N–H and O–H groups in total. The normalized spacial score (nSPS) is 15.6. The zero-order valence-electron chi connectivity index (χ0n) is 18.9. The van der Waals surface area contributed by atoms with Gasteiger partial charge >= 0.3 is 6.09 Å².